The van der Waals surface area contributed by atoms with Crippen molar-refractivity contribution in [3.63, 3.8) is 0 Å². The minimum Gasteiger partial charge on any atom is -0.0622 e. The molecule has 7 aromatic rings. The second-order valence-electron chi connectivity index (χ2n) is 11.3. The molecule has 2 aliphatic rings. The molecule has 2 aliphatic carbocycles. The fraction of sp³-hybridized carbons (Fsp3) is 0.0244. The van der Waals surface area contributed by atoms with Crippen LogP contribution >= 0.6 is 0 Å². The molecule has 0 aliphatic heterocycles. The summed E-state index contributed by atoms with van der Waals surface area (Å²) in [5, 5.41) is 2.66. The van der Waals surface area contributed by atoms with Gasteiger partial charge in [0.25, 0.3) is 0 Å². The standard InChI is InChI=1S/C41H26/c1-3-11-27(12-4-1)30-21-23-33-34-24-22-31(28-13-5-2-6-14-28)26-39(34)41(38(33)25-30)36-19-8-7-17-32(36)35-18-9-15-29-16-10-20-37(41)40(29)35/h1-26H. The summed E-state index contributed by atoms with van der Waals surface area (Å²) in [5.41, 5.74) is 15.3. The molecule has 0 radical (unpaired) electrons. The first-order valence-electron chi connectivity index (χ1n) is 14.4. The third kappa shape index (κ3) is 3.00. The number of benzene rings is 7. The summed E-state index contributed by atoms with van der Waals surface area (Å²) >= 11 is 0. The summed E-state index contributed by atoms with van der Waals surface area (Å²) in [6.45, 7) is 0. The number of hydrogen-bond acceptors (Lipinski definition) is 0. The summed E-state index contributed by atoms with van der Waals surface area (Å²) in [4.78, 5) is 0. The van der Waals surface area contributed by atoms with Crippen molar-refractivity contribution in [2.75, 3.05) is 0 Å². The molecule has 0 atom stereocenters. The Morgan fingerprint density at radius 1 is 0.293 bits per heavy atom. The molecular weight excluding hydrogens is 492 g/mol. The maximum absolute atomic E-state index is 2.47. The fourth-order valence-electron chi connectivity index (χ4n) is 7.59. The van der Waals surface area contributed by atoms with Crippen LogP contribution in [0.5, 0.6) is 0 Å². The molecule has 0 nitrogen and oxygen atoms in total. The van der Waals surface area contributed by atoms with Crippen LogP contribution in [0.15, 0.2) is 158 Å². The van der Waals surface area contributed by atoms with E-state index in [9.17, 15) is 0 Å². The summed E-state index contributed by atoms with van der Waals surface area (Å²) in [6.07, 6.45) is 0. The van der Waals surface area contributed by atoms with Crippen LogP contribution in [0.3, 0.4) is 0 Å². The summed E-state index contributed by atoms with van der Waals surface area (Å²) in [5.74, 6) is 0. The Labute approximate surface area is 240 Å². The summed E-state index contributed by atoms with van der Waals surface area (Å²) < 4.78 is 0. The third-order valence-electron chi connectivity index (χ3n) is 9.28. The quantitative estimate of drug-likeness (QED) is 0.213. The first-order chi connectivity index (χ1) is 20.3. The fourth-order valence-corrected chi connectivity index (χ4v) is 7.59. The minimum atomic E-state index is -0.426. The van der Waals surface area contributed by atoms with Gasteiger partial charge in [-0.2, -0.15) is 0 Å². The Bertz CT molecular complexity index is 2040. The topological polar surface area (TPSA) is 0 Å². The molecule has 0 aromatic heterocycles. The van der Waals surface area contributed by atoms with E-state index >= 15 is 0 Å². The van der Waals surface area contributed by atoms with Gasteiger partial charge in [-0.05, 0) is 89.7 Å². The highest BCUT2D eigenvalue weighted by molar-refractivity contribution is 6.07. The second-order valence-corrected chi connectivity index (χ2v) is 11.3. The van der Waals surface area contributed by atoms with Gasteiger partial charge in [-0.15, -0.1) is 0 Å². The smallest absolute Gasteiger partial charge is 0.0622 e. The lowest BCUT2D eigenvalue weighted by Gasteiger charge is -2.40. The van der Waals surface area contributed by atoms with Crippen LogP contribution in [-0.4, -0.2) is 0 Å². The Morgan fingerprint density at radius 2 is 0.780 bits per heavy atom. The van der Waals surface area contributed by atoms with Gasteiger partial charge in [0.15, 0.2) is 0 Å². The molecule has 0 heterocycles. The lowest BCUT2D eigenvalue weighted by Crippen LogP contribution is -2.31. The number of hydrogen-bond donors (Lipinski definition) is 0. The van der Waals surface area contributed by atoms with Crippen LogP contribution in [0.25, 0.3) is 55.3 Å². The molecule has 190 valence electrons. The number of fused-ring (bicyclic) bond motifs is 9. The van der Waals surface area contributed by atoms with Gasteiger partial charge < -0.3 is 0 Å². The van der Waals surface area contributed by atoms with E-state index < -0.39 is 5.41 Å². The van der Waals surface area contributed by atoms with Gasteiger partial charge in [-0.1, -0.05) is 146 Å². The zero-order valence-electron chi connectivity index (χ0n) is 22.5. The molecule has 0 bridgehead atoms. The highest BCUT2D eigenvalue weighted by Gasteiger charge is 2.50. The lowest BCUT2D eigenvalue weighted by atomic mass is 9.61. The van der Waals surface area contributed by atoms with Crippen molar-refractivity contribution in [2.45, 2.75) is 5.41 Å². The lowest BCUT2D eigenvalue weighted by molar-refractivity contribution is 0.774. The zero-order valence-corrected chi connectivity index (χ0v) is 22.5. The van der Waals surface area contributed by atoms with Crippen LogP contribution in [0.1, 0.15) is 22.3 Å². The number of rotatable bonds is 2. The Hall–Kier alpha value is -5.20. The average Bonchev–Trinajstić information content (AvgIpc) is 3.34. The minimum absolute atomic E-state index is 0.426. The third-order valence-corrected chi connectivity index (χ3v) is 9.28. The molecule has 7 aromatic carbocycles. The monoisotopic (exact) mass is 518 g/mol. The molecule has 0 N–H and O–H groups in total. The van der Waals surface area contributed by atoms with Crippen molar-refractivity contribution >= 4 is 10.8 Å². The highest BCUT2D eigenvalue weighted by Crippen LogP contribution is 2.62. The van der Waals surface area contributed by atoms with Crippen molar-refractivity contribution in [3.05, 3.63) is 180 Å². The van der Waals surface area contributed by atoms with E-state index in [1.165, 1.54) is 77.5 Å². The van der Waals surface area contributed by atoms with Crippen molar-refractivity contribution in [2.24, 2.45) is 0 Å². The average molecular weight is 519 g/mol. The van der Waals surface area contributed by atoms with Gasteiger partial charge in [0, 0.05) is 0 Å². The molecule has 0 saturated carbocycles. The van der Waals surface area contributed by atoms with E-state index in [2.05, 4.69) is 158 Å². The first kappa shape index (κ1) is 22.6. The van der Waals surface area contributed by atoms with Gasteiger partial charge in [-0.3, -0.25) is 0 Å². The van der Waals surface area contributed by atoms with E-state index in [1.54, 1.807) is 0 Å². The maximum atomic E-state index is 2.47. The molecule has 0 amide bonds. The maximum Gasteiger partial charge on any atom is 0.0726 e. The van der Waals surface area contributed by atoms with E-state index in [-0.39, 0.29) is 0 Å². The van der Waals surface area contributed by atoms with Crippen LogP contribution < -0.4 is 0 Å². The van der Waals surface area contributed by atoms with Crippen LogP contribution in [-0.2, 0) is 5.41 Å². The second kappa shape index (κ2) is 8.40. The van der Waals surface area contributed by atoms with E-state index in [1.807, 2.05) is 0 Å². The van der Waals surface area contributed by atoms with Gasteiger partial charge in [0.2, 0.25) is 0 Å². The Kier molecular flexibility index (Phi) is 4.63. The van der Waals surface area contributed by atoms with E-state index in [0.29, 0.717) is 0 Å². The SMILES string of the molecule is c1ccc(-c2ccc3c(c2)C2(c4cc(-c5ccccc5)ccc4-3)c3ccccc3-c3cccc4cccc2c34)cc1. The highest BCUT2D eigenvalue weighted by atomic mass is 14.5. The largest absolute Gasteiger partial charge is 0.0726 e. The van der Waals surface area contributed by atoms with Crippen molar-refractivity contribution in [1.82, 2.24) is 0 Å². The van der Waals surface area contributed by atoms with Gasteiger partial charge >= 0.3 is 0 Å². The van der Waals surface area contributed by atoms with Crippen LogP contribution in [0, 0.1) is 0 Å². The van der Waals surface area contributed by atoms with Gasteiger partial charge in [-0.25, -0.2) is 0 Å². The first-order valence-corrected chi connectivity index (χ1v) is 14.4. The van der Waals surface area contributed by atoms with Gasteiger partial charge in [0.1, 0.15) is 0 Å². The predicted octanol–water partition coefficient (Wildman–Crippen LogP) is 10.5. The molecule has 0 heteroatoms. The van der Waals surface area contributed by atoms with Crippen LogP contribution in [0.2, 0.25) is 0 Å². The predicted molar refractivity (Wildman–Crippen MR) is 171 cm³/mol. The van der Waals surface area contributed by atoms with E-state index in [4.69, 9.17) is 0 Å². The van der Waals surface area contributed by atoms with Crippen LogP contribution in [0.4, 0.5) is 0 Å². The molecule has 1 spiro atoms. The molecule has 0 fully saturated rings. The molecular formula is C41H26. The Morgan fingerprint density at radius 3 is 1.41 bits per heavy atom. The van der Waals surface area contributed by atoms with E-state index in [0.717, 1.165) is 0 Å². The van der Waals surface area contributed by atoms with Crippen molar-refractivity contribution in [3.8, 4) is 44.5 Å². The summed E-state index contributed by atoms with van der Waals surface area (Å²) in [6, 6.07) is 58.6. The van der Waals surface area contributed by atoms with Crippen molar-refractivity contribution in [1.29, 1.82) is 0 Å². The molecule has 9 rings (SSSR count). The zero-order chi connectivity index (χ0) is 27.0. The summed E-state index contributed by atoms with van der Waals surface area (Å²) in [7, 11) is 0. The molecule has 0 saturated heterocycles. The van der Waals surface area contributed by atoms with Gasteiger partial charge in [0.05, 0.1) is 5.41 Å². The van der Waals surface area contributed by atoms with Crippen molar-refractivity contribution < 1.29 is 0 Å². The molecule has 41 heavy (non-hydrogen) atoms. The Balaban J connectivity index is 1.47. The molecule has 0 unspecified atom stereocenters. The normalized spacial score (nSPS) is 13.6.